The summed E-state index contributed by atoms with van der Waals surface area (Å²) in [7, 11) is 3.80. The quantitative estimate of drug-likeness (QED) is 0.582. The number of methoxy groups -OCH3 is 1. The third kappa shape index (κ3) is 1.40. The minimum absolute atomic E-state index is 0.927. The van der Waals surface area contributed by atoms with E-state index in [9.17, 15) is 0 Å². The highest BCUT2D eigenvalue weighted by atomic mass is 16.5. The molecule has 0 amide bonds. The van der Waals surface area contributed by atoms with Crippen LogP contribution in [-0.2, 0) is 0 Å². The molecule has 64 valence electrons. The van der Waals surface area contributed by atoms with E-state index in [-0.39, 0.29) is 0 Å². The van der Waals surface area contributed by atoms with Crippen LogP contribution in [0.5, 0.6) is 5.75 Å². The maximum absolute atomic E-state index is 5.20. The molecule has 0 radical (unpaired) electrons. The molecule has 13 heavy (non-hydrogen) atoms. The van der Waals surface area contributed by atoms with E-state index < -0.39 is 0 Å². The van der Waals surface area contributed by atoms with Crippen molar-refractivity contribution in [3.8, 4) is 5.75 Å². The summed E-state index contributed by atoms with van der Waals surface area (Å²) in [6.07, 6.45) is 0. The molecule has 1 nitrogen and oxygen atoms in total. The fourth-order valence-corrected chi connectivity index (χ4v) is 1.59. The van der Waals surface area contributed by atoms with Gasteiger partial charge in [-0.05, 0) is 22.9 Å². The molecule has 0 aliphatic rings. The molecular weight excluding hydrogens is 159 g/mol. The zero-order valence-corrected chi connectivity index (χ0v) is 7.87. The molecule has 2 aromatic carbocycles. The molecular formula is C11H11BO. The van der Waals surface area contributed by atoms with E-state index in [4.69, 9.17) is 4.74 Å². The Kier molecular flexibility index (Phi) is 1.97. The maximum Gasteiger partial charge on any atom is 0.140 e. The largest absolute Gasteiger partial charge is 0.497 e. The van der Waals surface area contributed by atoms with E-state index in [1.807, 2.05) is 6.07 Å². The van der Waals surface area contributed by atoms with Crippen LogP contribution in [0.15, 0.2) is 36.4 Å². The van der Waals surface area contributed by atoms with E-state index >= 15 is 0 Å². The van der Waals surface area contributed by atoms with Gasteiger partial charge in [0, 0.05) is 0 Å². The molecule has 0 aliphatic carbocycles. The van der Waals surface area contributed by atoms with Crippen LogP contribution >= 0.6 is 0 Å². The van der Waals surface area contributed by atoms with Gasteiger partial charge in [0.2, 0.25) is 0 Å². The Hall–Kier alpha value is -1.44. The van der Waals surface area contributed by atoms with Crippen LogP contribution in [0, 0.1) is 0 Å². The Labute approximate surface area is 78.7 Å². The van der Waals surface area contributed by atoms with Gasteiger partial charge < -0.3 is 4.74 Å². The first-order chi connectivity index (χ1) is 6.31. The summed E-state index contributed by atoms with van der Waals surface area (Å²) in [4.78, 5) is 0. The Bertz CT molecular complexity index is 437. The van der Waals surface area contributed by atoms with Crippen molar-refractivity contribution in [2.24, 2.45) is 0 Å². The smallest absolute Gasteiger partial charge is 0.140 e. The van der Waals surface area contributed by atoms with Crippen molar-refractivity contribution in [2.75, 3.05) is 7.11 Å². The molecule has 0 spiro atoms. The second-order valence-corrected chi connectivity index (χ2v) is 3.17. The molecule has 2 rings (SSSR count). The van der Waals surface area contributed by atoms with E-state index in [0.29, 0.717) is 0 Å². The van der Waals surface area contributed by atoms with Crippen molar-refractivity contribution < 1.29 is 4.74 Å². The Morgan fingerprint density at radius 3 is 2.69 bits per heavy atom. The number of rotatable bonds is 1. The van der Waals surface area contributed by atoms with E-state index in [1.54, 1.807) is 7.11 Å². The number of ether oxygens (including phenoxy) is 1. The second-order valence-electron chi connectivity index (χ2n) is 3.17. The van der Waals surface area contributed by atoms with Gasteiger partial charge in [-0.2, -0.15) is 0 Å². The molecule has 0 unspecified atom stereocenters. The van der Waals surface area contributed by atoms with Crippen LogP contribution < -0.4 is 10.2 Å². The lowest BCUT2D eigenvalue weighted by atomic mass is 9.90. The summed E-state index contributed by atoms with van der Waals surface area (Å²) in [6, 6.07) is 12.4. The lowest BCUT2D eigenvalue weighted by Crippen LogP contribution is -2.04. The fraction of sp³-hybridized carbons (Fsp3) is 0.0909. The molecule has 0 fully saturated rings. The molecule has 0 aliphatic heterocycles. The number of hydrogen-bond acceptors (Lipinski definition) is 1. The first-order valence-corrected chi connectivity index (χ1v) is 4.34. The second kappa shape index (κ2) is 3.13. The van der Waals surface area contributed by atoms with Crippen molar-refractivity contribution >= 4 is 24.1 Å². The number of fused-ring (bicyclic) bond motifs is 1. The average molecular weight is 170 g/mol. The van der Waals surface area contributed by atoms with Gasteiger partial charge in [-0.3, -0.25) is 0 Å². The molecule has 0 saturated heterocycles. The average Bonchev–Trinajstić information content (AvgIpc) is 2.18. The van der Waals surface area contributed by atoms with Gasteiger partial charge in [-0.15, -0.1) is 0 Å². The van der Waals surface area contributed by atoms with Crippen molar-refractivity contribution in [1.29, 1.82) is 0 Å². The molecule has 0 N–H and O–H groups in total. The Balaban J connectivity index is 2.77. The molecule has 0 atom stereocenters. The van der Waals surface area contributed by atoms with E-state index in [0.717, 1.165) is 5.75 Å². The van der Waals surface area contributed by atoms with Gasteiger partial charge in [-0.1, -0.05) is 29.7 Å². The molecule has 2 heteroatoms. The highest BCUT2D eigenvalue weighted by Crippen LogP contribution is 2.17. The van der Waals surface area contributed by atoms with Gasteiger partial charge >= 0.3 is 0 Å². The molecule has 0 heterocycles. The summed E-state index contributed by atoms with van der Waals surface area (Å²) in [5.74, 6) is 0.927. The summed E-state index contributed by atoms with van der Waals surface area (Å²) in [6.45, 7) is 0. The monoisotopic (exact) mass is 170 g/mol. The van der Waals surface area contributed by atoms with Gasteiger partial charge in [0.05, 0.1) is 7.11 Å². The predicted octanol–water partition coefficient (Wildman–Crippen LogP) is 1.11. The predicted molar refractivity (Wildman–Crippen MR) is 58.7 cm³/mol. The highest BCUT2D eigenvalue weighted by Gasteiger charge is 1.98. The van der Waals surface area contributed by atoms with Crippen LogP contribution in [0.25, 0.3) is 10.8 Å². The molecule has 0 aromatic heterocycles. The van der Waals surface area contributed by atoms with E-state index in [1.165, 1.54) is 16.2 Å². The van der Waals surface area contributed by atoms with Crippen LogP contribution in [-0.4, -0.2) is 15.0 Å². The zero-order chi connectivity index (χ0) is 9.26. The highest BCUT2D eigenvalue weighted by molar-refractivity contribution is 6.39. The topological polar surface area (TPSA) is 9.23 Å². The summed E-state index contributed by atoms with van der Waals surface area (Å²) in [5.41, 5.74) is 1.26. The minimum atomic E-state index is 0.927. The zero-order valence-electron chi connectivity index (χ0n) is 7.87. The van der Waals surface area contributed by atoms with Gasteiger partial charge in [0.25, 0.3) is 0 Å². The standard InChI is InChI=1S/C11H11BO/c1-13-9-6-8-4-2-3-5-10(8)11(12)7-9/h2-7H,12H2,1H3. The van der Waals surface area contributed by atoms with Crippen LogP contribution in [0.4, 0.5) is 0 Å². The third-order valence-electron chi connectivity index (χ3n) is 2.28. The summed E-state index contributed by atoms with van der Waals surface area (Å²) in [5, 5.41) is 2.53. The Morgan fingerprint density at radius 1 is 1.15 bits per heavy atom. The SMILES string of the molecule is Bc1cc(OC)cc2ccccc12. The fourth-order valence-electron chi connectivity index (χ4n) is 1.59. The normalized spacial score (nSPS) is 10.2. The van der Waals surface area contributed by atoms with Gasteiger partial charge in [0.1, 0.15) is 13.6 Å². The van der Waals surface area contributed by atoms with Gasteiger partial charge in [-0.25, -0.2) is 0 Å². The molecule has 2 aromatic rings. The molecule has 0 bridgehead atoms. The lowest BCUT2D eigenvalue weighted by molar-refractivity contribution is 0.416. The van der Waals surface area contributed by atoms with Crippen molar-refractivity contribution in [2.45, 2.75) is 0 Å². The van der Waals surface area contributed by atoms with Crippen molar-refractivity contribution in [3.63, 3.8) is 0 Å². The molecule has 0 saturated carbocycles. The van der Waals surface area contributed by atoms with Gasteiger partial charge in [0.15, 0.2) is 0 Å². The minimum Gasteiger partial charge on any atom is -0.497 e. The van der Waals surface area contributed by atoms with Crippen molar-refractivity contribution in [3.05, 3.63) is 36.4 Å². The van der Waals surface area contributed by atoms with Crippen molar-refractivity contribution in [1.82, 2.24) is 0 Å². The Morgan fingerprint density at radius 2 is 1.92 bits per heavy atom. The lowest BCUT2D eigenvalue weighted by Gasteiger charge is -2.05. The van der Waals surface area contributed by atoms with Crippen LogP contribution in [0.2, 0.25) is 0 Å². The van der Waals surface area contributed by atoms with E-state index in [2.05, 4.69) is 38.2 Å². The number of hydrogen-bond donors (Lipinski definition) is 0. The van der Waals surface area contributed by atoms with Crippen LogP contribution in [0.1, 0.15) is 0 Å². The maximum atomic E-state index is 5.20. The van der Waals surface area contributed by atoms with Crippen LogP contribution in [0.3, 0.4) is 0 Å². The third-order valence-corrected chi connectivity index (χ3v) is 2.28. The first-order valence-electron chi connectivity index (χ1n) is 4.34. The first kappa shape index (κ1) is 8.18. The summed E-state index contributed by atoms with van der Waals surface area (Å²) < 4.78 is 5.20. The summed E-state index contributed by atoms with van der Waals surface area (Å²) >= 11 is 0. The number of benzene rings is 2.